The zero-order chi connectivity index (χ0) is 15.2. The highest BCUT2D eigenvalue weighted by Crippen LogP contribution is 2.25. The van der Waals surface area contributed by atoms with Crippen LogP contribution in [0.3, 0.4) is 0 Å². The van der Waals surface area contributed by atoms with Gasteiger partial charge in [-0.15, -0.1) is 0 Å². The molecule has 5 heteroatoms. The summed E-state index contributed by atoms with van der Waals surface area (Å²) in [5, 5.41) is 12.7. The van der Waals surface area contributed by atoms with Crippen LogP contribution in [0, 0.1) is 0 Å². The quantitative estimate of drug-likeness (QED) is 0.872. The lowest BCUT2D eigenvalue weighted by Gasteiger charge is -2.12. The first-order chi connectivity index (χ1) is 10.1. The molecule has 0 spiro atoms. The van der Waals surface area contributed by atoms with Gasteiger partial charge in [0.1, 0.15) is 5.75 Å². The summed E-state index contributed by atoms with van der Waals surface area (Å²) in [6, 6.07) is 14.3. The van der Waals surface area contributed by atoms with Crippen LogP contribution in [0.15, 0.2) is 53.0 Å². The maximum Gasteiger partial charge on any atom is 0.251 e. The van der Waals surface area contributed by atoms with Crippen LogP contribution in [0.2, 0.25) is 0 Å². The van der Waals surface area contributed by atoms with Crippen LogP contribution in [0.4, 0.5) is 0 Å². The average Bonchev–Trinajstić information content (AvgIpc) is 2.53. The number of carbonyl (C=O) groups is 1. The molecule has 1 amide bonds. The van der Waals surface area contributed by atoms with Crippen molar-refractivity contribution < 1.29 is 14.6 Å². The zero-order valence-electron chi connectivity index (χ0n) is 11.5. The highest BCUT2D eigenvalue weighted by molar-refractivity contribution is 9.10. The minimum absolute atomic E-state index is 0.159. The number of hydrogen-bond acceptors (Lipinski definition) is 3. The van der Waals surface area contributed by atoms with Crippen LogP contribution in [0.25, 0.3) is 0 Å². The Hall–Kier alpha value is -1.85. The summed E-state index contributed by atoms with van der Waals surface area (Å²) in [6.07, 6.45) is -0.725. The van der Waals surface area contributed by atoms with Crippen molar-refractivity contribution in [2.75, 3.05) is 13.7 Å². The Kier molecular flexibility index (Phi) is 5.36. The predicted octanol–water partition coefficient (Wildman–Crippen LogP) is 2.92. The number of aliphatic hydroxyl groups excluding tert-OH is 1. The van der Waals surface area contributed by atoms with Gasteiger partial charge in [-0.3, -0.25) is 4.79 Å². The number of nitrogens with one attached hydrogen (secondary N) is 1. The first-order valence-electron chi connectivity index (χ1n) is 6.46. The Morgan fingerprint density at radius 3 is 2.62 bits per heavy atom. The topological polar surface area (TPSA) is 58.6 Å². The van der Waals surface area contributed by atoms with Crippen LogP contribution in [0.1, 0.15) is 22.0 Å². The molecule has 2 aromatic rings. The van der Waals surface area contributed by atoms with E-state index in [0.29, 0.717) is 15.8 Å². The minimum atomic E-state index is -0.725. The summed E-state index contributed by atoms with van der Waals surface area (Å²) in [5.41, 5.74) is 1.27. The van der Waals surface area contributed by atoms with Gasteiger partial charge in [-0.25, -0.2) is 0 Å². The van der Waals surface area contributed by atoms with Gasteiger partial charge < -0.3 is 15.2 Å². The summed E-state index contributed by atoms with van der Waals surface area (Å²) >= 11 is 3.34. The second kappa shape index (κ2) is 7.24. The van der Waals surface area contributed by atoms with E-state index in [4.69, 9.17) is 4.74 Å². The van der Waals surface area contributed by atoms with Gasteiger partial charge in [0.2, 0.25) is 0 Å². The second-order valence-electron chi connectivity index (χ2n) is 4.49. The van der Waals surface area contributed by atoms with Crippen molar-refractivity contribution in [3.63, 3.8) is 0 Å². The number of benzene rings is 2. The molecule has 0 saturated carbocycles. The van der Waals surface area contributed by atoms with Gasteiger partial charge in [0.05, 0.1) is 17.7 Å². The normalized spacial score (nSPS) is 11.8. The average molecular weight is 350 g/mol. The Balaban J connectivity index is 1.97. The number of hydrogen-bond donors (Lipinski definition) is 2. The summed E-state index contributed by atoms with van der Waals surface area (Å²) in [7, 11) is 1.57. The van der Waals surface area contributed by atoms with E-state index in [0.717, 1.165) is 5.56 Å². The SMILES string of the molecule is COc1ccc(C(=O)NCC(O)c2ccccc2)cc1Br. The molecular formula is C16H16BrNO3. The standard InChI is InChI=1S/C16H16BrNO3/c1-21-15-8-7-12(9-13(15)17)16(20)18-10-14(19)11-5-3-2-4-6-11/h2-9,14,19H,10H2,1H3,(H,18,20). The maximum atomic E-state index is 12.0. The number of rotatable bonds is 5. The molecule has 0 aliphatic heterocycles. The van der Waals surface area contributed by atoms with E-state index in [1.54, 1.807) is 25.3 Å². The third-order valence-corrected chi connectivity index (χ3v) is 3.67. The molecule has 0 aromatic heterocycles. The first-order valence-corrected chi connectivity index (χ1v) is 7.26. The van der Waals surface area contributed by atoms with Crippen molar-refractivity contribution in [1.29, 1.82) is 0 Å². The van der Waals surface area contributed by atoms with E-state index in [1.807, 2.05) is 30.3 Å². The Morgan fingerprint density at radius 1 is 1.29 bits per heavy atom. The number of carbonyl (C=O) groups excluding carboxylic acids is 1. The van der Waals surface area contributed by atoms with Crippen molar-refractivity contribution in [3.05, 3.63) is 64.1 Å². The largest absolute Gasteiger partial charge is 0.496 e. The van der Waals surface area contributed by atoms with E-state index in [-0.39, 0.29) is 12.5 Å². The van der Waals surface area contributed by atoms with Crippen molar-refractivity contribution in [1.82, 2.24) is 5.32 Å². The molecule has 2 aromatic carbocycles. The molecule has 1 unspecified atom stereocenters. The maximum absolute atomic E-state index is 12.0. The van der Waals surface area contributed by atoms with E-state index >= 15 is 0 Å². The van der Waals surface area contributed by atoms with Crippen molar-refractivity contribution in [2.45, 2.75) is 6.10 Å². The van der Waals surface area contributed by atoms with Gasteiger partial charge in [0, 0.05) is 12.1 Å². The lowest BCUT2D eigenvalue weighted by molar-refractivity contribution is 0.0916. The molecule has 0 heterocycles. The molecule has 110 valence electrons. The Morgan fingerprint density at radius 2 is 2.00 bits per heavy atom. The molecule has 0 aliphatic rings. The van der Waals surface area contributed by atoms with Crippen molar-refractivity contribution in [2.24, 2.45) is 0 Å². The summed E-state index contributed by atoms with van der Waals surface area (Å²) in [4.78, 5) is 12.0. The monoisotopic (exact) mass is 349 g/mol. The van der Waals surface area contributed by atoms with Crippen molar-refractivity contribution >= 4 is 21.8 Å². The lowest BCUT2D eigenvalue weighted by Crippen LogP contribution is -2.28. The molecule has 1 atom stereocenters. The predicted molar refractivity (Wildman–Crippen MR) is 84.4 cm³/mol. The van der Waals surface area contributed by atoms with Gasteiger partial charge in [-0.1, -0.05) is 30.3 Å². The first kappa shape index (κ1) is 15.5. The third-order valence-electron chi connectivity index (χ3n) is 3.05. The number of halogens is 1. The molecule has 4 nitrogen and oxygen atoms in total. The van der Waals surface area contributed by atoms with Gasteiger partial charge in [0.25, 0.3) is 5.91 Å². The molecule has 2 rings (SSSR count). The fourth-order valence-corrected chi connectivity index (χ4v) is 2.43. The highest BCUT2D eigenvalue weighted by atomic mass is 79.9. The van der Waals surface area contributed by atoms with Crippen LogP contribution in [-0.4, -0.2) is 24.7 Å². The second-order valence-corrected chi connectivity index (χ2v) is 5.34. The minimum Gasteiger partial charge on any atom is -0.496 e. The lowest BCUT2D eigenvalue weighted by atomic mass is 10.1. The van der Waals surface area contributed by atoms with Gasteiger partial charge in [0.15, 0.2) is 0 Å². The fourth-order valence-electron chi connectivity index (χ4n) is 1.89. The van der Waals surface area contributed by atoms with E-state index in [9.17, 15) is 9.90 Å². The molecule has 0 radical (unpaired) electrons. The number of amides is 1. The number of aliphatic hydroxyl groups is 1. The van der Waals surface area contributed by atoms with Gasteiger partial charge in [-0.2, -0.15) is 0 Å². The van der Waals surface area contributed by atoms with Gasteiger partial charge in [-0.05, 0) is 39.7 Å². The number of ether oxygens (including phenoxy) is 1. The Bertz CT molecular complexity index is 616. The molecule has 2 N–H and O–H groups in total. The van der Waals surface area contributed by atoms with E-state index in [1.165, 1.54) is 0 Å². The van der Waals surface area contributed by atoms with Crippen LogP contribution in [-0.2, 0) is 0 Å². The fraction of sp³-hybridized carbons (Fsp3) is 0.188. The molecule has 0 bridgehead atoms. The summed E-state index contributed by atoms with van der Waals surface area (Å²) < 4.78 is 5.83. The highest BCUT2D eigenvalue weighted by Gasteiger charge is 2.12. The zero-order valence-corrected chi connectivity index (χ0v) is 13.1. The van der Waals surface area contributed by atoms with Crippen LogP contribution < -0.4 is 10.1 Å². The van der Waals surface area contributed by atoms with Gasteiger partial charge >= 0.3 is 0 Å². The van der Waals surface area contributed by atoms with Crippen LogP contribution >= 0.6 is 15.9 Å². The van der Waals surface area contributed by atoms with Crippen LogP contribution in [0.5, 0.6) is 5.75 Å². The molecule has 0 saturated heterocycles. The molecular weight excluding hydrogens is 334 g/mol. The molecule has 0 fully saturated rings. The van der Waals surface area contributed by atoms with E-state index < -0.39 is 6.10 Å². The summed E-state index contributed by atoms with van der Waals surface area (Å²) in [6.45, 7) is 0.159. The number of methoxy groups -OCH3 is 1. The molecule has 0 aliphatic carbocycles. The third kappa shape index (κ3) is 4.06. The smallest absolute Gasteiger partial charge is 0.251 e. The van der Waals surface area contributed by atoms with E-state index in [2.05, 4.69) is 21.2 Å². The molecule has 21 heavy (non-hydrogen) atoms. The van der Waals surface area contributed by atoms with Crippen molar-refractivity contribution in [3.8, 4) is 5.75 Å². The Labute approximate surface area is 131 Å². The summed E-state index contributed by atoms with van der Waals surface area (Å²) in [5.74, 6) is 0.421.